The summed E-state index contributed by atoms with van der Waals surface area (Å²) in [4.78, 5) is 33.7. The average molecular weight is 309 g/mol. The molecule has 0 saturated carbocycles. The predicted molar refractivity (Wildman–Crippen MR) is 80.8 cm³/mol. The second-order valence-electron chi connectivity index (χ2n) is 5.20. The highest BCUT2D eigenvalue weighted by atomic mass is 32.1. The minimum Gasteiger partial charge on any atom is -0.386 e. The van der Waals surface area contributed by atoms with Gasteiger partial charge in [0.25, 0.3) is 5.91 Å². The number of hydrogen-bond acceptors (Lipinski definition) is 6. The summed E-state index contributed by atoms with van der Waals surface area (Å²) in [6.07, 6.45) is 2.51. The van der Waals surface area contributed by atoms with Gasteiger partial charge >= 0.3 is 0 Å². The fourth-order valence-corrected chi connectivity index (χ4v) is 3.16. The van der Waals surface area contributed by atoms with Crippen LogP contribution in [0.2, 0.25) is 0 Å². The molecule has 0 aromatic carbocycles. The van der Waals surface area contributed by atoms with E-state index in [0.717, 1.165) is 29.8 Å². The van der Waals surface area contributed by atoms with Crippen LogP contribution >= 0.6 is 11.3 Å². The lowest BCUT2D eigenvalue weighted by Crippen LogP contribution is -2.39. The zero-order chi connectivity index (χ0) is 15.2. The molecule has 1 fully saturated rings. The van der Waals surface area contributed by atoms with Gasteiger partial charge in [0.1, 0.15) is 5.69 Å². The van der Waals surface area contributed by atoms with Crippen molar-refractivity contribution in [3.8, 4) is 0 Å². The number of thiazole rings is 1. The number of piperidine rings is 1. The van der Waals surface area contributed by atoms with E-state index in [1.54, 1.807) is 10.3 Å². The Kier molecular flexibility index (Phi) is 5.44. The van der Waals surface area contributed by atoms with Crippen molar-refractivity contribution in [2.75, 3.05) is 19.7 Å². The van der Waals surface area contributed by atoms with Crippen molar-refractivity contribution < 1.29 is 14.4 Å². The second-order valence-corrected chi connectivity index (χ2v) is 6.09. The lowest BCUT2D eigenvalue weighted by Gasteiger charge is -2.30. The molecule has 0 unspecified atom stereocenters. The summed E-state index contributed by atoms with van der Waals surface area (Å²) in [6.45, 7) is 5.01. The first kappa shape index (κ1) is 15.6. The Bertz CT molecular complexity index is 529. The van der Waals surface area contributed by atoms with Gasteiger partial charge in [-0.05, 0) is 26.7 Å². The summed E-state index contributed by atoms with van der Waals surface area (Å²) in [5, 5.41) is 6.53. The summed E-state index contributed by atoms with van der Waals surface area (Å²) < 4.78 is 0. The van der Waals surface area contributed by atoms with E-state index in [9.17, 15) is 9.59 Å². The fraction of sp³-hybridized carbons (Fsp3) is 0.571. The van der Waals surface area contributed by atoms with Gasteiger partial charge in [0.2, 0.25) is 0 Å². The summed E-state index contributed by atoms with van der Waals surface area (Å²) in [5.74, 6) is 0.302. The highest BCUT2D eigenvalue weighted by Gasteiger charge is 2.25. The van der Waals surface area contributed by atoms with Crippen LogP contribution in [0.5, 0.6) is 0 Å². The molecule has 2 rings (SSSR count). The third-order valence-corrected chi connectivity index (χ3v) is 4.32. The van der Waals surface area contributed by atoms with E-state index in [1.165, 1.54) is 11.3 Å². The molecule has 0 aliphatic carbocycles. The van der Waals surface area contributed by atoms with E-state index in [1.807, 2.05) is 13.8 Å². The molecule has 0 spiro atoms. The van der Waals surface area contributed by atoms with Crippen molar-refractivity contribution in [3.05, 3.63) is 16.1 Å². The van der Waals surface area contributed by atoms with Gasteiger partial charge in [-0.25, -0.2) is 4.98 Å². The Balaban J connectivity index is 1.81. The number of likely N-dealkylation sites (tertiary alicyclic amines) is 1. The number of carbonyl (C=O) groups excluding carboxylic acids is 2. The van der Waals surface area contributed by atoms with Crippen molar-refractivity contribution in [1.29, 1.82) is 0 Å². The molecule has 0 bridgehead atoms. The normalized spacial score (nSPS) is 15.6. The number of hydrogen-bond donors (Lipinski definition) is 0. The van der Waals surface area contributed by atoms with Gasteiger partial charge in [0.05, 0.1) is 10.7 Å². The van der Waals surface area contributed by atoms with Gasteiger partial charge in [-0.1, -0.05) is 5.16 Å². The number of rotatable bonds is 5. The SMILES string of the molecule is CC(C)=NOCC(=O)N1CCC(c2nc(C=O)cs2)CC1. The van der Waals surface area contributed by atoms with Gasteiger partial charge in [-0.3, -0.25) is 9.59 Å². The number of aromatic nitrogens is 1. The number of aldehydes is 1. The smallest absolute Gasteiger partial charge is 0.263 e. The highest BCUT2D eigenvalue weighted by Crippen LogP contribution is 2.30. The van der Waals surface area contributed by atoms with Gasteiger partial charge < -0.3 is 9.74 Å². The topological polar surface area (TPSA) is 71.9 Å². The van der Waals surface area contributed by atoms with E-state index in [-0.39, 0.29) is 12.5 Å². The largest absolute Gasteiger partial charge is 0.386 e. The fourth-order valence-electron chi connectivity index (χ4n) is 2.23. The summed E-state index contributed by atoms with van der Waals surface area (Å²) in [6, 6.07) is 0. The van der Waals surface area contributed by atoms with Gasteiger partial charge in [0.15, 0.2) is 12.9 Å². The molecule has 1 amide bonds. The first-order valence-corrected chi connectivity index (χ1v) is 7.79. The Morgan fingerprint density at radius 2 is 2.24 bits per heavy atom. The minimum atomic E-state index is -0.0360. The number of nitrogens with zero attached hydrogens (tertiary/aromatic N) is 3. The van der Waals surface area contributed by atoms with Crippen LogP contribution in [0.15, 0.2) is 10.5 Å². The molecule has 1 aromatic heterocycles. The van der Waals surface area contributed by atoms with Crippen LogP contribution < -0.4 is 0 Å². The molecule has 0 radical (unpaired) electrons. The molecule has 1 aromatic rings. The molecule has 6 nitrogen and oxygen atoms in total. The first-order valence-electron chi connectivity index (χ1n) is 6.91. The maximum atomic E-state index is 11.9. The molecule has 0 atom stereocenters. The summed E-state index contributed by atoms with van der Waals surface area (Å²) >= 11 is 1.52. The summed E-state index contributed by atoms with van der Waals surface area (Å²) in [5.41, 5.74) is 1.28. The number of carbonyl (C=O) groups is 2. The molecular weight excluding hydrogens is 290 g/mol. The lowest BCUT2D eigenvalue weighted by molar-refractivity contribution is -0.137. The molecule has 7 heteroatoms. The molecule has 0 N–H and O–H groups in total. The van der Waals surface area contributed by atoms with Crippen LogP contribution in [0, 0.1) is 0 Å². The van der Waals surface area contributed by atoms with Crippen molar-refractivity contribution in [2.24, 2.45) is 5.16 Å². The second kappa shape index (κ2) is 7.31. The average Bonchev–Trinajstić information content (AvgIpc) is 2.96. The number of amides is 1. The minimum absolute atomic E-state index is 0.0115. The van der Waals surface area contributed by atoms with E-state index in [4.69, 9.17) is 4.84 Å². The Morgan fingerprint density at radius 3 is 2.81 bits per heavy atom. The van der Waals surface area contributed by atoms with Crippen molar-refractivity contribution in [3.63, 3.8) is 0 Å². The molecule has 1 aliphatic heterocycles. The zero-order valence-electron chi connectivity index (χ0n) is 12.2. The lowest BCUT2D eigenvalue weighted by atomic mass is 9.97. The molecule has 1 aliphatic rings. The van der Waals surface area contributed by atoms with E-state index < -0.39 is 0 Å². The Hall–Kier alpha value is -1.76. The zero-order valence-corrected chi connectivity index (χ0v) is 13.1. The Morgan fingerprint density at radius 1 is 1.52 bits per heavy atom. The first-order chi connectivity index (χ1) is 10.1. The maximum Gasteiger partial charge on any atom is 0.263 e. The van der Waals surface area contributed by atoms with Crippen LogP contribution in [0.3, 0.4) is 0 Å². The van der Waals surface area contributed by atoms with Crippen LogP contribution in [0.25, 0.3) is 0 Å². The standard InChI is InChI=1S/C14H19N3O3S/c1-10(2)16-20-8-13(19)17-5-3-11(4-6-17)14-15-12(7-18)9-21-14/h7,9,11H,3-6,8H2,1-2H3. The van der Waals surface area contributed by atoms with Crippen LogP contribution in [-0.2, 0) is 9.63 Å². The Labute approximate surface area is 127 Å². The molecule has 1 saturated heterocycles. The van der Waals surface area contributed by atoms with Crippen molar-refractivity contribution in [1.82, 2.24) is 9.88 Å². The van der Waals surface area contributed by atoms with E-state index >= 15 is 0 Å². The monoisotopic (exact) mass is 309 g/mol. The van der Waals surface area contributed by atoms with E-state index in [2.05, 4.69) is 10.1 Å². The van der Waals surface area contributed by atoms with E-state index in [0.29, 0.717) is 24.7 Å². The van der Waals surface area contributed by atoms with Crippen LogP contribution in [0.4, 0.5) is 0 Å². The predicted octanol–water partition coefficient (Wildman–Crippen LogP) is 2.07. The molecular formula is C14H19N3O3S. The van der Waals surface area contributed by atoms with Crippen LogP contribution in [-0.4, -0.2) is 47.5 Å². The van der Waals surface area contributed by atoms with Gasteiger partial charge in [0, 0.05) is 24.4 Å². The third-order valence-electron chi connectivity index (χ3n) is 3.29. The van der Waals surface area contributed by atoms with Crippen molar-refractivity contribution >= 4 is 29.2 Å². The third kappa shape index (κ3) is 4.35. The summed E-state index contributed by atoms with van der Waals surface area (Å²) in [7, 11) is 0. The van der Waals surface area contributed by atoms with Gasteiger partial charge in [-0.2, -0.15) is 0 Å². The highest BCUT2D eigenvalue weighted by molar-refractivity contribution is 7.09. The maximum absolute atomic E-state index is 11.9. The number of oxime groups is 1. The quantitative estimate of drug-likeness (QED) is 0.474. The molecule has 21 heavy (non-hydrogen) atoms. The molecule has 2 heterocycles. The van der Waals surface area contributed by atoms with Crippen LogP contribution in [0.1, 0.15) is 48.1 Å². The molecule has 114 valence electrons. The van der Waals surface area contributed by atoms with Gasteiger partial charge in [-0.15, -0.1) is 11.3 Å². The van der Waals surface area contributed by atoms with Crippen molar-refractivity contribution in [2.45, 2.75) is 32.6 Å².